The van der Waals surface area contributed by atoms with Gasteiger partial charge in [0.25, 0.3) is 0 Å². The molecule has 95 heavy (non-hydrogen) atoms. The number of pyridine rings is 1. The second-order valence-corrected chi connectivity index (χ2v) is 30.0. The van der Waals surface area contributed by atoms with Crippen molar-refractivity contribution in [1.29, 1.82) is 0 Å². The zero-order valence-corrected chi connectivity index (χ0v) is 57.5. The average molecular weight is 1400 g/mol. The summed E-state index contributed by atoms with van der Waals surface area (Å²) in [6.07, 6.45) is 2.40. The third kappa shape index (κ3) is 21.3. The van der Waals surface area contributed by atoms with Gasteiger partial charge in [-0.1, -0.05) is 376 Å². The largest absolute Gasteiger partial charge is 0.465 e. The van der Waals surface area contributed by atoms with Crippen molar-refractivity contribution >= 4 is 107 Å². The Hall–Kier alpha value is -9.38. The fourth-order valence-corrected chi connectivity index (χ4v) is 19.6. The maximum Gasteiger partial charge on any atom is 0.409 e. The molecule has 5 nitrogen and oxygen atoms in total. The summed E-state index contributed by atoms with van der Waals surface area (Å²) in [4.78, 5) is 14.6. The Morgan fingerprint density at radius 1 is 0.284 bits per heavy atom. The first kappa shape index (κ1) is 70.0. The molecule has 1 aromatic heterocycles. The minimum atomic E-state index is -1.07. The summed E-state index contributed by atoms with van der Waals surface area (Å²) in [6, 6.07) is 138. The zero-order valence-electron chi connectivity index (χ0n) is 52.4. The molecule has 0 radical (unpaired) electrons. The Balaban J connectivity index is 0.000000139. The number of nitrogens with one attached hydrogen (secondary N) is 1. The van der Waals surface area contributed by atoms with Gasteiger partial charge in [0.15, 0.2) is 0 Å². The van der Waals surface area contributed by atoms with Crippen molar-refractivity contribution in [3.05, 3.63) is 412 Å². The van der Waals surface area contributed by atoms with Crippen LogP contribution in [-0.2, 0) is 27.0 Å². The van der Waals surface area contributed by atoms with E-state index >= 15 is 0 Å². The number of aromatic nitrogens is 1. The maximum atomic E-state index is 10.5. The molecule has 0 aliphatic heterocycles. The quantitative estimate of drug-likeness (QED) is 0.0705. The molecule has 0 spiro atoms. The van der Waals surface area contributed by atoms with E-state index in [4.69, 9.17) is 10.8 Å². The molecule has 10 heteroatoms. The summed E-state index contributed by atoms with van der Waals surface area (Å²) >= 11 is 0. The first-order valence-electron chi connectivity index (χ1n) is 31.0. The monoisotopic (exact) mass is 1400 g/mol. The molecule has 0 fully saturated rings. The number of benzene rings is 13. The van der Waals surface area contributed by atoms with Crippen LogP contribution in [0.5, 0.6) is 0 Å². The minimum Gasteiger partial charge on any atom is -0.465 e. The SMILES string of the molecule is NCc1cncc(-c2ccc(NC(=O)O)cc2)c1.[Pd].c1ccc(P(c2ccccc2)c2ccccc2)cc1.c1ccc(P(c2ccccc2)c2ccccc2)cc1.c1ccc(P(c2ccccc2)c2ccccc2)cc1.c1ccc(P(c2ccccc2)c2ccccc2)cc1. The van der Waals surface area contributed by atoms with E-state index in [1.165, 1.54) is 63.7 Å². The van der Waals surface area contributed by atoms with Crippen LogP contribution in [0.25, 0.3) is 11.1 Å². The van der Waals surface area contributed by atoms with Gasteiger partial charge in [-0.2, -0.15) is 0 Å². The van der Waals surface area contributed by atoms with Crippen LogP contribution < -0.4 is 74.7 Å². The number of hydrogen-bond acceptors (Lipinski definition) is 3. The average Bonchev–Trinajstić information content (AvgIpc) is 1.03. The Bertz CT molecular complexity index is 3530. The van der Waals surface area contributed by atoms with Crippen molar-refractivity contribution in [3.63, 3.8) is 0 Å². The topological polar surface area (TPSA) is 88.2 Å². The Morgan fingerprint density at radius 2 is 0.474 bits per heavy atom. The van der Waals surface area contributed by atoms with Gasteiger partial charge in [0.1, 0.15) is 0 Å². The summed E-state index contributed by atoms with van der Waals surface area (Å²) in [6.45, 7) is 0.444. The molecular formula is C85H73N3O2P4Pd. The van der Waals surface area contributed by atoms with Crippen LogP contribution in [0.4, 0.5) is 10.5 Å². The number of carbonyl (C=O) groups is 1. The van der Waals surface area contributed by atoms with E-state index in [-0.39, 0.29) is 20.4 Å². The molecule has 0 bridgehead atoms. The van der Waals surface area contributed by atoms with Crippen LogP contribution in [0.1, 0.15) is 5.56 Å². The summed E-state index contributed by atoms with van der Waals surface area (Å²) in [7, 11) is -1.78. The summed E-state index contributed by atoms with van der Waals surface area (Å²) < 4.78 is 0. The van der Waals surface area contributed by atoms with E-state index < -0.39 is 37.8 Å². The molecule has 0 aliphatic carbocycles. The second-order valence-electron chi connectivity index (χ2n) is 21.2. The molecule has 0 aliphatic rings. The number of nitrogens with zero attached hydrogens (tertiary/aromatic N) is 1. The molecule has 4 N–H and O–H groups in total. The van der Waals surface area contributed by atoms with E-state index in [1.807, 2.05) is 18.2 Å². The Kier molecular flexibility index (Phi) is 28.5. The van der Waals surface area contributed by atoms with Gasteiger partial charge in [0.05, 0.1) is 0 Å². The van der Waals surface area contributed by atoms with Crippen molar-refractivity contribution < 1.29 is 30.3 Å². The van der Waals surface area contributed by atoms with E-state index in [1.54, 1.807) is 24.5 Å². The standard InChI is InChI=1S/4C18H15P.C13H13N3O2.Pd/c4*1-4-10-16(11-5-1)19(17-12-6-2-7-13-17)18-14-8-3-9-15-18;14-6-9-5-11(8-15-7-9)10-1-3-12(4-2-10)16-13(17)18;/h4*1-15H;1-5,7-8,16H,6,14H2,(H,17,18);. The van der Waals surface area contributed by atoms with E-state index in [9.17, 15) is 4.79 Å². The summed E-state index contributed by atoms with van der Waals surface area (Å²) in [5, 5.41) is 27.7. The molecule has 470 valence electrons. The second kappa shape index (κ2) is 38.7. The van der Waals surface area contributed by atoms with Gasteiger partial charge in [0.2, 0.25) is 0 Å². The molecule has 0 atom stereocenters. The van der Waals surface area contributed by atoms with Crippen LogP contribution in [0, 0.1) is 0 Å². The first-order valence-corrected chi connectivity index (χ1v) is 36.4. The number of amides is 1. The van der Waals surface area contributed by atoms with E-state index in [2.05, 4.69) is 374 Å². The minimum absolute atomic E-state index is 0. The zero-order chi connectivity index (χ0) is 64.6. The van der Waals surface area contributed by atoms with Gasteiger partial charge in [-0.05, 0) is 125 Å². The predicted octanol–water partition coefficient (Wildman–Crippen LogP) is 16.1. The first-order chi connectivity index (χ1) is 46.5. The Morgan fingerprint density at radius 3 is 0.642 bits per heavy atom. The number of nitrogens with two attached hydrogens (primary N) is 1. The molecule has 13 aromatic carbocycles. The van der Waals surface area contributed by atoms with E-state index in [0.717, 1.165) is 16.7 Å². The third-order valence-corrected chi connectivity index (χ3v) is 24.4. The van der Waals surface area contributed by atoms with Crippen molar-refractivity contribution in [3.8, 4) is 11.1 Å². The molecule has 14 aromatic rings. The normalized spacial score (nSPS) is 10.4. The summed E-state index contributed by atoms with van der Waals surface area (Å²) in [5.41, 5.74) is 8.98. The van der Waals surface area contributed by atoms with Crippen LogP contribution >= 0.6 is 31.7 Å². The molecule has 0 saturated carbocycles. The van der Waals surface area contributed by atoms with Crippen LogP contribution in [0.2, 0.25) is 0 Å². The van der Waals surface area contributed by atoms with Crippen molar-refractivity contribution in [1.82, 2.24) is 4.98 Å². The van der Waals surface area contributed by atoms with Gasteiger partial charge in [-0.25, -0.2) is 4.79 Å². The smallest absolute Gasteiger partial charge is 0.409 e. The van der Waals surface area contributed by atoms with Gasteiger partial charge in [0, 0.05) is 50.6 Å². The molecular weight excluding hydrogens is 1330 g/mol. The third-order valence-electron chi connectivity index (χ3n) is 14.7. The number of rotatable bonds is 15. The fraction of sp³-hybridized carbons (Fsp3) is 0.0118. The van der Waals surface area contributed by atoms with Crippen LogP contribution in [0.15, 0.2) is 407 Å². The molecule has 14 rings (SSSR count). The van der Waals surface area contributed by atoms with Crippen molar-refractivity contribution in [2.75, 3.05) is 5.32 Å². The van der Waals surface area contributed by atoms with Gasteiger partial charge in [-0.3, -0.25) is 10.3 Å². The fourth-order valence-electron chi connectivity index (χ4n) is 10.3. The van der Waals surface area contributed by atoms with E-state index in [0.29, 0.717) is 12.2 Å². The van der Waals surface area contributed by atoms with Crippen molar-refractivity contribution in [2.45, 2.75) is 6.54 Å². The summed E-state index contributed by atoms with van der Waals surface area (Å²) in [5.74, 6) is 0. The maximum absolute atomic E-state index is 10.5. The van der Waals surface area contributed by atoms with Gasteiger partial charge < -0.3 is 10.8 Å². The predicted molar refractivity (Wildman–Crippen MR) is 410 cm³/mol. The number of hydrogen-bond donors (Lipinski definition) is 3. The van der Waals surface area contributed by atoms with Crippen LogP contribution in [0.3, 0.4) is 0 Å². The molecule has 1 amide bonds. The van der Waals surface area contributed by atoms with Gasteiger partial charge in [-0.15, -0.1) is 0 Å². The molecule has 0 saturated heterocycles. The van der Waals surface area contributed by atoms with Crippen molar-refractivity contribution in [2.24, 2.45) is 5.73 Å². The number of carboxylic acid groups (broad SMARTS) is 1. The number of anilines is 1. The van der Waals surface area contributed by atoms with Crippen LogP contribution in [-0.4, -0.2) is 16.2 Å². The molecule has 0 unspecified atom stereocenters. The Labute approximate surface area is 579 Å². The van der Waals surface area contributed by atoms with Gasteiger partial charge >= 0.3 is 6.09 Å². The molecule has 1 heterocycles.